The van der Waals surface area contributed by atoms with Crippen molar-refractivity contribution in [2.24, 2.45) is 5.92 Å². The van der Waals surface area contributed by atoms with Crippen LogP contribution in [0, 0.1) is 5.92 Å². The Bertz CT molecular complexity index is 444. The lowest BCUT2D eigenvalue weighted by molar-refractivity contribution is -0.135. The second-order valence-corrected chi connectivity index (χ2v) is 6.58. The number of likely N-dealkylation sites (tertiary alicyclic amines) is 1. The molecule has 0 saturated carbocycles. The molecule has 0 aliphatic carbocycles. The number of rotatable bonds is 5. The van der Waals surface area contributed by atoms with Gasteiger partial charge >= 0.3 is 0 Å². The van der Waals surface area contributed by atoms with Crippen LogP contribution in [-0.4, -0.2) is 41.4 Å². The molecular weight excluding hydrogens is 260 g/mol. The molecular formula is C18H28N2O. The first kappa shape index (κ1) is 16.0. The van der Waals surface area contributed by atoms with Crippen molar-refractivity contribution in [3.63, 3.8) is 0 Å². The van der Waals surface area contributed by atoms with Crippen molar-refractivity contribution in [1.82, 2.24) is 9.80 Å². The van der Waals surface area contributed by atoms with Crippen molar-refractivity contribution in [2.45, 2.75) is 46.2 Å². The molecule has 1 saturated heterocycles. The lowest BCUT2D eigenvalue weighted by Gasteiger charge is -2.34. The zero-order valence-corrected chi connectivity index (χ0v) is 13.6. The van der Waals surface area contributed by atoms with Gasteiger partial charge in [0.05, 0.1) is 6.54 Å². The molecule has 0 aromatic heterocycles. The van der Waals surface area contributed by atoms with Gasteiger partial charge in [-0.2, -0.15) is 0 Å². The van der Waals surface area contributed by atoms with Crippen molar-refractivity contribution < 1.29 is 4.79 Å². The van der Waals surface area contributed by atoms with Gasteiger partial charge in [-0.25, -0.2) is 0 Å². The Balaban J connectivity index is 1.95. The third-order valence-corrected chi connectivity index (χ3v) is 4.24. The predicted molar refractivity (Wildman–Crippen MR) is 87.0 cm³/mol. The summed E-state index contributed by atoms with van der Waals surface area (Å²) in [5.74, 6) is 0.969. The smallest absolute Gasteiger partial charge is 0.237 e. The highest BCUT2D eigenvalue weighted by molar-refractivity contribution is 5.78. The summed E-state index contributed by atoms with van der Waals surface area (Å²) in [6.45, 7) is 9.87. The Morgan fingerprint density at radius 2 is 2.05 bits per heavy atom. The van der Waals surface area contributed by atoms with Crippen LogP contribution in [0.25, 0.3) is 0 Å². The molecule has 1 aliphatic rings. The van der Waals surface area contributed by atoms with E-state index in [1.165, 1.54) is 18.4 Å². The van der Waals surface area contributed by atoms with E-state index in [1.54, 1.807) is 0 Å². The molecule has 0 N–H and O–H groups in total. The SMILES string of the molecule is CC1CCCN(CC(=O)N(Cc2ccccc2)C(C)C)C1. The first-order valence-electron chi connectivity index (χ1n) is 8.12. The number of carbonyl (C=O) groups is 1. The van der Waals surface area contributed by atoms with Crippen LogP contribution >= 0.6 is 0 Å². The van der Waals surface area contributed by atoms with E-state index in [2.05, 4.69) is 37.8 Å². The fourth-order valence-electron chi connectivity index (χ4n) is 3.05. The lowest BCUT2D eigenvalue weighted by Crippen LogP contribution is -2.45. The van der Waals surface area contributed by atoms with E-state index in [9.17, 15) is 4.79 Å². The van der Waals surface area contributed by atoms with Gasteiger partial charge in [0.1, 0.15) is 0 Å². The molecule has 1 heterocycles. The fourth-order valence-corrected chi connectivity index (χ4v) is 3.05. The second-order valence-electron chi connectivity index (χ2n) is 6.58. The average molecular weight is 288 g/mol. The van der Waals surface area contributed by atoms with Gasteiger partial charge in [-0.05, 0) is 44.7 Å². The summed E-state index contributed by atoms with van der Waals surface area (Å²) in [4.78, 5) is 17.0. The molecule has 2 rings (SSSR count). The molecule has 1 amide bonds. The molecule has 0 bridgehead atoms. The van der Waals surface area contributed by atoms with E-state index < -0.39 is 0 Å². The molecule has 0 radical (unpaired) electrons. The number of hydrogen-bond acceptors (Lipinski definition) is 2. The predicted octanol–water partition coefficient (Wildman–Crippen LogP) is 3.16. The van der Waals surface area contributed by atoms with Crippen LogP contribution in [0.5, 0.6) is 0 Å². The summed E-state index contributed by atoms with van der Waals surface area (Å²) in [7, 11) is 0. The minimum atomic E-state index is 0.236. The van der Waals surface area contributed by atoms with Crippen molar-refractivity contribution in [3.8, 4) is 0 Å². The van der Waals surface area contributed by atoms with Crippen LogP contribution in [0.4, 0.5) is 0 Å². The molecule has 3 heteroatoms. The van der Waals surface area contributed by atoms with Gasteiger partial charge in [0.2, 0.25) is 5.91 Å². The largest absolute Gasteiger partial charge is 0.335 e. The van der Waals surface area contributed by atoms with E-state index in [1.807, 2.05) is 23.1 Å². The van der Waals surface area contributed by atoms with Crippen LogP contribution in [0.3, 0.4) is 0 Å². The Hall–Kier alpha value is -1.35. The van der Waals surface area contributed by atoms with Gasteiger partial charge in [0.15, 0.2) is 0 Å². The summed E-state index contributed by atoms with van der Waals surface area (Å²) >= 11 is 0. The molecule has 3 nitrogen and oxygen atoms in total. The van der Waals surface area contributed by atoms with Gasteiger partial charge in [-0.15, -0.1) is 0 Å². The Morgan fingerprint density at radius 1 is 1.33 bits per heavy atom. The molecule has 0 spiro atoms. The van der Waals surface area contributed by atoms with Crippen molar-refractivity contribution in [2.75, 3.05) is 19.6 Å². The second kappa shape index (κ2) is 7.60. The van der Waals surface area contributed by atoms with Crippen LogP contribution < -0.4 is 0 Å². The van der Waals surface area contributed by atoms with E-state index in [0.29, 0.717) is 19.0 Å². The maximum atomic E-state index is 12.6. The number of piperidine rings is 1. The highest BCUT2D eigenvalue weighted by atomic mass is 16.2. The third-order valence-electron chi connectivity index (χ3n) is 4.24. The van der Waals surface area contributed by atoms with Gasteiger partial charge in [-0.3, -0.25) is 9.69 Å². The van der Waals surface area contributed by atoms with Crippen molar-refractivity contribution in [3.05, 3.63) is 35.9 Å². The van der Waals surface area contributed by atoms with E-state index in [-0.39, 0.29) is 11.9 Å². The topological polar surface area (TPSA) is 23.6 Å². The minimum absolute atomic E-state index is 0.236. The average Bonchev–Trinajstić information content (AvgIpc) is 2.45. The maximum absolute atomic E-state index is 12.6. The van der Waals surface area contributed by atoms with Gasteiger partial charge < -0.3 is 4.90 Å². The number of hydrogen-bond donors (Lipinski definition) is 0. The van der Waals surface area contributed by atoms with Crippen LogP contribution in [-0.2, 0) is 11.3 Å². The third kappa shape index (κ3) is 4.85. The first-order chi connectivity index (χ1) is 10.1. The zero-order chi connectivity index (χ0) is 15.2. The zero-order valence-electron chi connectivity index (χ0n) is 13.6. The highest BCUT2D eigenvalue weighted by Gasteiger charge is 2.23. The molecule has 1 aromatic carbocycles. The molecule has 1 atom stereocenters. The van der Waals surface area contributed by atoms with Crippen LogP contribution in [0.2, 0.25) is 0 Å². The van der Waals surface area contributed by atoms with Gasteiger partial charge in [0, 0.05) is 19.1 Å². The van der Waals surface area contributed by atoms with E-state index in [4.69, 9.17) is 0 Å². The quantitative estimate of drug-likeness (QED) is 0.831. The van der Waals surface area contributed by atoms with Crippen molar-refractivity contribution >= 4 is 5.91 Å². The molecule has 1 aliphatic heterocycles. The summed E-state index contributed by atoms with van der Waals surface area (Å²) in [5.41, 5.74) is 1.20. The number of carbonyl (C=O) groups excluding carboxylic acids is 1. The first-order valence-corrected chi connectivity index (χ1v) is 8.12. The normalized spacial score (nSPS) is 19.7. The minimum Gasteiger partial charge on any atom is -0.335 e. The highest BCUT2D eigenvalue weighted by Crippen LogP contribution is 2.16. The monoisotopic (exact) mass is 288 g/mol. The van der Waals surface area contributed by atoms with E-state index in [0.717, 1.165) is 13.1 Å². The number of nitrogens with zero attached hydrogens (tertiary/aromatic N) is 2. The fraction of sp³-hybridized carbons (Fsp3) is 0.611. The summed E-state index contributed by atoms with van der Waals surface area (Å²) < 4.78 is 0. The Kier molecular flexibility index (Phi) is 5.80. The van der Waals surface area contributed by atoms with Gasteiger partial charge in [0.25, 0.3) is 0 Å². The Labute approximate surface area is 128 Å². The summed E-state index contributed by atoms with van der Waals surface area (Å²) in [5, 5.41) is 0. The molecule has 1 unspecified atom stereocenters. The Morgan fingerprint density at radius 3 is 2.67 bits per heavy atom. The van der Waals surface area contributed by atoms with Crippen LogP contribution in [0.15, 0.2) is 30.3 Å². The molecule has 1 fully saturated rings. The lowest BCUT2D eigenvalue weighted by atomic mass is 10.0. The van der Waals surface area contributed by atoms with Gasteiger partial charge in [-0.1, -0.05) is 37.3 Å². The molecule has 21 heavy (non-hydrogen) atoms. The maximum Gasteiger partial charge on any atom is 0.237 e. The summed E-state index contributed by atoms with van der Waals surface area (Å²) in [6.07, 6.45) is 2.51. The number of benzene rings is 1. The van der Waals surface area contributed by atoms with E-state index >= 15 is 0 Å². The molecule has 116 valence electrons. The molecule has 1 aromatic rings. The van der Waals surface area contributed by atoms with Crippen LogP contribution in [0.1, 0.15) is 39.2 Å². The number of amides is 1. The van der Waals surface area contributed by atoms with Crippen molar-refractivity contribution in [1.29, 1.82) is 0 Å². The summed E-state index contributed by atoms with van der Waals surface area (Å²) in [6, 6.07) is 10.5. The standard InChI is InChI=1S/C18H28N2O/c1-15(2)20(13-17-9-5-4-6-10-17)18(21)14-19-11-7-8-16(3)12-19/h4-6,9-10,15-16H,7-8,11-14H2,1-3H3.